The third kappa shape index (κ3) is 3.49. The predicted octanol–water partition coefficient (Wildman–Crippen LogP) is 5.26. The van der Waals surface area contributed by atoms with Gasteiger partial charge in [-0.1, -0.05) is 49.4 Å². The summed E-state index contributed by atoms with van der Waals surface area (Å²) in [7, 11) is 0. The fraction of sp³-hybridized carbons (Fsp3) is 0.417. The van der Waals surface area contributed by atoms with Crippen molar-refractivity contribution in [2.24, 2.45) is 11.8 Å². The number of nitrogen functional groups attached to an aromatic ring is 1. The molecule has 0 saturated heterocycles. The zero-order valence-corrected chi connectivity index (χ0v) is 16.4. The second-order valence-electron chi connectivity index (χ2n) is 7.91. The van der Waals surface area contributed by atoms with Crippen molar-refractivity contribution < 1.29 is 0 Å². The molecule has 4 rings (SSSR count). The highest BCUT2D eigenvalue weighted by Gasteiger charge is 2.38. The molecule has 1 saturated carbocycles. The van der Waals surface area contributed by atoms with Crippen molar-refractivity contribution in [2.75, 3.05) is 11.1 Å². The van der Waals surface area contributed by atoms with Crippen molar-refractivity contribution in [3.63, 3.8) is 0 Å². The Hall–Kier alpha value is -2.26. The van der Waals surface area contributed by atoms with Gasteiger partial charge in [0.15, 0.2) is 0 Å². The van der Waals surface area contributed by atoms with E-state index in [1.807, 2.05) is 6.92 Å². The van der Waals surface area contributed by atoms with E-state index in [2.05, 4.69) is 72.2 Å². The first-order chi connectivity index (χ1) is 13.2. The Bertz CT molecular complexity index is 815. The fourth-order valence-electron chi connectivity index (χ4n) is 4.80. The van der Waals surface area contributed by atoms with Crippen LogP contribution in [-0.4, -0.2) is 6.04 Å². The van der Waals surface area contributed by atoms with Crippen molar-refractivity contribution in [3.8, 4) is 0 Å². The number of hydrogen-bond donors (Lipinski definition) is 3. The second-order valence-corrected chi connectivity index (χ2v) is 7.91. The molecule has 1 fully saturated rings. The molecule has 0 radical (unpaired) electrons. The lowest BCUT2D eigenvalue weighted by atomic mass is 9.80. The molecule has 4 unspecified atom stereocenters. The molecule has 4 N–H and O–H groups in total. The van der Waals surface area contributed by atoms with E-state index in [1.165, 1.54) is 24.0 Å². The van der Waals surface area contributed by atoms with Crippen molar-refractivity contribution in [1.29, 1.82) is 0 Å². The van der Waals surface area contributed by atoms with Gasteiger partial charge < -0.3 is 16.4 Å². The maximum atomic E-state index is 6.49. The highest BCUT2D eigenvalue weighted by Crippen LogP contribution is 2.43. The largest absolute Gasteiger partial charge is 0.397 e. The lowest BCUT2D eigenvalue weighted by Crippen LogP contribution is -2.41. The van der Waals surface area contributed by atoms with E-state index in [1.54, 1.807) is 0 Å². The van der Waals surface area contributed by atoms with Gasteiger partial charge in [0, 0.05) is 17.8 Å². The van der Waals surface area contributed by atoms with Gasteiger partial charge in [-0.15, -0.1) is 0 Å². The summed E-state index contributed by atoms with van der Waals surface area (Å²) in [6.07, 6.45) is 20.1. The molecule has 0 spiro atoms. The molecule has 142 valence electrons. The predicted molar refractivity (Wildman–Crippen MR) is 116 cm³/mol. The normalized spacial score (nSPS) is 28.9. The molecule has 27 heavy (non-hydrogen) atoms. The summed E-state index contributed by atoms with van der Waals surface area (Å²) in [5, 5.41) is 7.40. The molecule has 0 heterocycles. The average Bonchev–Trinajstić information content (AvgIpc) is 3.06. The summed E-state index contributed by atoms with van der Waals surface area (Å²) in [4.78, 5) is 0. The first-order valence-corrected chi connectivity index (χ1v) is 10.3. The number of anilines is 2. The van der Waals surface area contributed by atoms with Crippen LogP contribution in [0.25, 0.3) is 0 Å². The number of nitrogens with one attached hydrogen (secondary N) is 2. The smallest absolute Gasteiger partial charge is 0.0620 e. The van der Waals surface area contributed by atoms with Gasteiger partial charge in [0.05, 0.1) is 11.4 Å². The van der Waals surface area contributed by atoms with E-state index in [-0.39, 0.29) is 0 Å². The lowest BCUT2D eigenvalue weighted by molar-refractivity contribution is 0.357. The van der Waals surface area contributed by atoms with Crippen LogP contribution in [-0.2, 0) is 6.42 Å². The molecule has 1 aromatic rings. The Kier molecular flexibility index (Phi) is 5.22. The van der Waals surface area contributed by atoms with Crippen LogP contribution >= 0.6 is 0 Å². The lowest BCUT2D eigenvalue weighted by Gasteiger charge is -2.37. The standard InChI is InChI=1S/C24H31N3/c1-3-7-17(8-4-2)26-22-14-12-19-20(24(22)25)15-23(19)27-21-13-11-16-9-5-6-10-18(16)21/h3,5-10,12,14,16,18,21,23,26-27H,4,11,13,15,25H2,1-2H3/b7-3-,17-8+. The van der Waals surface area contributed by atoms with Crippen LogP contribution in [0.3, 0.4) is 0 Å². The Morgan fingerprint density at radius 1 is 1.22 bits per heavy atom. The van der Waals surface area contributed by atoms with Gasteiger partial charge in [-0.25, -0.2) is 0 Å². The summed E-state index contributed by atoms with van der Waals surface area (Å²) in [6, 6.07) is 5.41. The van der Waals surface area contributed by atoms with Crippen LogP contribution in [0.1, 0.15) is 50.3 Å². The van der Waals surface area contributed by atoms with Crippen LogP contribution in [0.4, 0.5) is 11.4 Å². The Morgan fingerprint density at radius 2 is 2.07 bits per heavy atom. The van der Waals surface area contributed by atoms with Crippen molar-refractivity contribution in [2.45, 2.75) is 51.6 Å². The number of fused-ring (bicyclic) bond motifs is 2. The quantitative estimate of drug-likeness (QED) is 0.478. The third-order valence-electron chi connectivity index (χ3n) is 6.21. The summed E-state index contributed by atoms with van der Waals surface area (Å²) in [5.74, 6) is 1.37. The number of hydrogen-bond acceptors (Lipinski definition) is 3. The van der Waals surface area contributed by atoms with E-state index in [0.717, 1.165) is 35.8 Å². The maximum Gasteiger partial charge on any atom is 0.0620 e. The van der Waals surface area contributed by atoms with E-state index < -0.39 is 0 Å². The van der Waals surface area contributed by atoms with Gasteiger partial charge in [-0.05, 0) is 67.7 Å². The molecule has 3 aliphatic carbocycles. The molecule has 3 aliphatic rings. The number of allylic oxidation sites excluding steroid dienone is 6. The molecule has 0 amide bonds. The Balaban J connectivity index is 1.45. The molecular formula is C24H31N3. The molecule has 4 atom stereocenters. The molecule has 1 aromatic carbocycles. The van der Waals surface area contributed by atoms with Crippen molar-refractivity contribution >= 4 is 11.4 Å². The van der Waals surface area contributed by atoms with Crippen LogP contribution in [0.15, 0.2) is 60.4 Å². The van der Waals surface area contributed by atoms with E-state index in [0.29, 0.717) is 18.0 Å². The maximum absolute atomic E-state index is 6.49. The van der Waals surface area contributed by atoms with Crippen LogP contribution in [0.5, 0.6) is 0 Å². The van der Waals surface area contributed by atoms with Crippen molar-refractivity contribution in [3.05, 3.63) is 71.5 Å². The highest BCUT2D eigenvalue weighted by atomic mass is 15.0. The van der Waals surface area contributed by atoms with E-state index in [9.17, 15) is 0 Å². The molecule has 0 aliphatic heterocycles. The van der Waals surface area contributed by atoms with Crippen LogP contribution in [0.2, 0.25) is 0 Å². The molecular weight excluding hydrogens is 330 g/mol. The van der Waals surface area contributed by atoms with E-state index in [4.69, 9.17) is 5.73 Å². The van der Waals surface area contributed by atoms with Gasteiger partial charge in [0.2, 0.25) is 0 Å². The van der Waals surface area contributed by atoms with Gasteiger partial charge in [-0.3, -0.25) is 0 Å². The monoisotopic (exact) mass is 361 g/mol. The zero-order valence-electron chi connectivity index (χ0n) is 16.4. The number of benzene rings is 1. The summed E-state index contributed by atoms with van der Waals surface area (Å²) in [5.41, 5.74) is 12.2. The Morgan fingerprint density at radius 3 is 2.89 bits per heavy atom. The molecule has 0 aromatic heterocycles. The molecule has 3 heteroatoms. The third-order valence-corrected chi connectivity index (χ3v) is 6.21. The van der Waals surface area contributed by atoms with Crippen molar-refractivity contribution in [1.82, 2.24) is 5.32 Å². The SMILES string of the molecule is C/C=C\C(=C/CC)Nc1ccc2c(c1N)CC2NC1CCC2C=CC=CC21. The first-order valence-electron chi connectivity index (χ1n) is 10.3. The second kappa shape index (κ2) is 7.77. The number of nitrogens with two attached hydrogens (primary N) is 1. The van der Waals surface area contributed by atoms with Crippen LogP contribution < -0.4 is 16.4 Å². The topological polar surface area (TPSA) is 50.1 Å². The van der Waals surface area contributed by atoms with Gasteiger partial charge >= 0.3 is 0 Å². The zero-order chi connectivity index (χ0) is 18.8. The molecule has 3 nitrogen and oxygen atoms in total. The minimum Gasteiger partial charge on any atom is -0.397 e. The highest BCUT2D eigenvalue weighted by molar-refractivity contribution is 5.76. The molecule has 0 bridgehead atoms. The van der Waals surface area contributed by atoms with Crippen LogP contribution in [0, 0.1) is 11.8 Å². The summed E-state index contributed by atoms with van der Waals surface area (Å²) in [6.45, 7) is 4.18. The fourth-order valence-corrected chi connectivity index (χ4v) is 4.80. The summed E-state index contributed by atoms with van der Waals surface area (Å²) >= 11 is 0. The minimum absolute atomic E-state index is 0.445. The Labute approximate surface area is 163 Å². The van der Waals surface area contributed by atoms with Gasteiger partial charge in [0.1, 0.15) is 0 Å². The minimum atomic E-state index is 0.445. The summed E-state index contributed by atoms with van der Waals surface area (Å²) < 4.78 is 0. The van der Waals surface area contributed by atoms with E-state index >= 15 is 0 Å². The average molecular weight is 362 g/mol. The van der Waals surface area contributed by atoms with Gasteiger partial charge in [-0.2, -0.15) is 0 Å². The first kappa shape index (κ1) is 18.1. The van der Waals surface area contributed by atoms with Gasteiger partial charge in [0.25, 0.3) is 0 Å². The number of rotatable bonds is 6.